The molecule has 0 atom stereocenters. The van der Waals surface area contributed by atoms with Crippen molar-refractivity contribution in [3.63, 3.8) is 0 Å². The molecule has 1 aromatic rings. The molecule has 1 N–H and O–H groups in total. The zero-order chi connectivity index (χ0) is 18.1. The second kappa shape index (κ2) is 10.3. The van der Waals surface area contributed by atoms with E-state index in [2.05, 4.69) is 10.3 Å². The highest BCUT2D eigenvalue weighted by Crippen LogP contribution is 2.69. The fourth-order valence-corrected chi connectivity index (χ4v) is 6.91. The second-order valence-corrected chi connectivity index (χ2v) is 9.12. The number of nitrogens with zero attached hydrogens (tertiary/aromatic N) is 1. The Bertz CT molecular complexity index is 522. The largest absolute Gasteiger partial charge is 0.365 e. The molecule has 0 aliphatic carbocycles. The molecule has 0 fully saturated rings. The Hall–Kier alpha value is -0.750. The van der Waals surface area contributed by atoms with E-state index in [1.807, 2.05) is 0 Å². The maximum absolute atomic E-state index is 13.2. The van der Waals surface area contributed by atoms with Crippen LogP contribution in [0.3, 0.4) is 0 Å². The number of nitrogens with one attached hydrogen (secondary N) is 1. The monoisotopic (exact) mass is 380 g/mol. The number of pyridine rings is 1. The van der Waals surface area contributed by atoms with Crippen molar-refractivity contribution in [2.24, 2.45) is 0 Å². The third-order valence-corrected chi connectivity index (χ3v) is 8.40. The molecule has 138 valence electrons. The van der Waals surface area contributed by atoms with Crippen LogP contribution in [0.25, 0.3) is 0 Å². The molecule has 10 heteroatoms. The number of rotatable bonds is 12. The predicted octanol–water partition coefficient (Wildman–Crippen LogP) is 4.31. The van der Waals surface area contributed by atoms with Crippen molar-refractivity contribution in [1.29, 1.82) is 0 Å². The lowest BCUT2D eigenvalue weighted by Crippen LogP contribution is -2.25. The number of hydrogen-bond donors (Lipinski definition) is 1. The van der Waals surface area contributed by atoms with Gasteiger partial charge in [-0.2, -0.15) is 0 Å². The summed E-state index contributed by atoms with van der Waals surface area (Å²) in [5, 5.41) is 2.86. The molecule has 1 aromatic heterocycles. The highest BCUT2D eigenvalue weighted by atomic mass is 31.2. The van der Waals surface area contributed by atoms with Gasteiger partial charge in [-0.3, -0.25) is 9.13 Å². The lowest BCUT2D eigenvalue weighted by molar-refractivity contribution is 0.198. The first-order chi connectivity index (χ1) is 11.5. The van der Waals surface area contributed by atoms with Gasteiger partial charge in [-0.05, 0) is 39.8 Å². The van der Waals surface area contributed by atoms with E-state index in [1.54, 1.807) is 52.1 Å². The standard InChI is InChI=1S/C14H26N2O6P2/c1-5-19-23(17,20-6-2)14(16-13-11-9-10-12-15-13)24(18,21-7-3)22-8-4/h9-12,14H,5-8H2,1-4H3,(H,15,16). The summed E-state index contributed by atoms with van der Waals surface area (Å²) in [7, 11) is -7.68. The van der Waals surface area contributed by atoms with Crippen molar-refractivity contribution < 1.29 is 27.2 Å². The third-order valence-electron chi connectivity index (χ3n) is 2.78. The molecule has 0 aliphatic heterocycles. The first-order valence-electron chi connectivity index (χ1n) is 7.90. The number of hydrogen-bond acceptors (Lipinski definition) is 8. The molecule has 0 aromatic carbocycles. The summed E-state index contributed by atoms with van der Waals surface area (Å²) in [6, 6.07) is 5.12. The van der Waals surface area contributed by atoms with Gasteiger partial charge in [0.2, 0.25) is 5.52 Å². The molecular weight excluding hydrogens is 354 g/mol. The highest BCUT2D eigenvalue weighted by Gasteiger charge is 2.51. The van der Waals surface area contributed by atoms with Gasteiger partial charge in [0, 0.05) is 6.20 Å². The van der Waals surface area contributed by atoms with Gasteiger partial charge in [0.25, 0.3) is 0 Å². The quantitative estimate of drug-likeness (QED) is 0.536. The van der Waals surface area contributed by atoms with E-state index >= 15 is 0 Å². The third kappa shape index (κ3) is 5.66. The van der Waals surface area contributed by atoms with Gasteiger partial charge in [-0.25, -0.2) is 4.98 Å². The minimum atomic E-state index is -3.84. The van der Waals surface area contributed by atoms with Crippen LogP contribution >= 0.6 is 15.2 Å². The van der Waals surface area contributed by atoms with E-state index in [0.717, 1.165) is 0 Å². The summed E-state index contributed by atoms with van der Waals surface area (Å²) >= 11 is 0. The molecule has 0 unspecified atom stereocenters. The van der Waals surface area contributed by atoms with Crippen LogP contribution in [-0.4, -0.2) is 36.9 Å². The molecule has 0 saturated carbocycles. The van der Waals surface area contributed by atoms with Gasteiger partial charge in [-0.1, -0.05) is 6.07 Å². The lowest BCUT2D eigenvalue weighted by atomic mass is 10.5. The highest BCUT2D eigenvalue weighted by molar-refractivity contribution is 7.72. The SMILES string of the molecule is CCOP(=O)(OCC)C(Nc1ccccn1)P(=O)(OCC)OCC. The normalized spacial score (nSPS) is 12.5. The molecule has 0 amide bonds. The van der Waals surface area contributed by atoms with Gasteiger partial charge in [0.15, 0.2) is 0 Å². The predicted molar refractivity (Wildman–Crippen MR) is 93.4 cm³/mol. The molecule has 0 radical (unpaired) electrons. The smallest absolute Gasteiger partial charge is 0.346 e. The average Bonchev–Trinajstić information content (AvgIpc) is 2.54. The molecule has 24 heavy (non-hydrogen) atoms. The van der Waals surface area contributed by atoms with E-state index in [0.29, 0.717) is 5.82 Å². The fourth-order valence-electron chi connectivity index (χ4n) is 1.99. The van der Waals surface area contributed by atoms with Crippen LogP contribution in [0.5, 0.6) is 0 Å². The van der Waals surface area contributed by atoms with Crippen LogP contribution in [0.4, 0.5) is 5.82 Å². The van der Waals surface area contributed by atoms with Crippen LogP contribution in [0.1, 0.15) is 27.7 Å². The van der Waals surface area contributed by atoms with E-state index in [1.165, 1.54) is 0 Å². The van der Waals surface area contributed by atoms with Crippen molar-refractivity contribution in [3.8, 4) is 0 Å². The van der Waals surface area contributed by atoms with Crippen LogP contribution in [-0.2, 0) is 27.2 Å². The van der Waals surface area contributed by atoms with Crippen molar-refractivity contribution in [3.05, 3.63) is 24.4 Å². The van der Waals surface area contributed by atoms with E-state index < -0.39 is 20.7 Å². The van der Waals surface area contributed by atoms with Crippen molar-refractivity contribution in [1.82, 2.24) is 4.98 Å². The van der Waals surface area contributed by atoms with Crippen LogP contribution < -0.4 is 5.32 Å². The summed E-state index contributed by atoms with van der Waals surface area (Å²) in [5.41, 5.74) is -1.32. The van der Waals surface area contributed by atoms with Gasteiger partial charge in [-0.15, -0.1) is 0 Å². The molecular formula is C14H26N2O6P2. The second-order valence-electron chi connectivity index (χ2n) is 4.48. The Morgan fingerprint density at radius 2 is 1.38 bits per heavy atom. The summed E-state index contributed by atoms with van der Waals surface area (Å²) in [6.07, 6.45) is 1.55. The summed E-state index contributed by atoms with van der Waals surface area (Å²) in [5.74, 6) is 0.363. The number of aromatic nitrogens is 1. The molecule has 0 spiro atoms. The minimum Gasteiger partial charge on any atom is -0.346 e. The van der Waals surface area contributed by atoms with Gasteiger partial charge in [0.05, 0.1) is 26.4 Å². The van der Waals surface area contributed by atoms with Crippen molar-refractivity contribution >= 4 is 21.0 Å². The molecule has 8 nitrogen and oxygen atoms in total. The lowest BCUT2D eigenvalue weighted by Gasteiger charge is -2.31. The Balaban J connectivity index is 3.32. The Morgan fingerprint density at radius 3 is 1.71 bits per heavy atom. The zero-order valence-corrected chi connectivity index (χ0v) is 16.3. The molecule has 1 rings (SSSR count). The first-order valence-corrected chi connectivity index (χ1v) is 11.1. The van der Waals surface area contributed by atoms with Crippen LogP contribution in [0, 0.1) is 0 Å². The van der Waals surface area contributed by atoms with E-state index in [4.69, 9.17) is 18.1 Å². The first kappa shape index (κ1) is 21.3. The zero-order valence-electron chi connectivity index (χ0n) is 14.5. The van der Waals surface area contributed by atoms with Gasteiger partial charge in [0.1, 0.15) is 5.82 Å². The van der Waals surface area contributed by atoms with Crippen LogP contribution in [0.15, 0.2) is 24.4 Å². The van der Waals surface area contributed by atoms with Crippen LogP contribution in [0.2, 0.25) is 0 Å². The molecule has 0 bridgehead atoms. The maximum Gasteiger partial charge on any atom is 0.365 e. The average molecular weight is 380 g/mol. The minimum absolute atomic E-state index is 0.121. The maximum atomic E-state index is 13.2. The van der Waals surface area contributed by atoms with Crippen molar-refractivity contribution in [2.75, 3.05) is 31.7 Å². The number of anilines is 1. The summed E-state index contributed by atoms with van der Waals surface area (Å²) < 4.78 is 47.9. The topological polar surface area (TPSA) is 96.0 Å². The molecule has 1 heterocycles. The van der Waals surface area contributed by atoms with Gasteiger partial charge < -0.3 is 23.4 Å². The van der Waals surface area contributed by atoms with Crippen molar-refractivity contribution in [2.45, 2.75) is 33.2 Å². The Kier molecular flexibility index (Phi) is 9.13. The fraction of sp³-hybridized carbons (Fsp3) is 0.643. The Morgan fingerprint density at radius 1 is 0.917 bits per heavy atom. The van der Waals surface area contributed by atoms with Gasteiger partial charge >= 0.3 is 15.2 Å². The molecule has 0 saturated heterocycles. The summed E-state index contributed by atoms with van der Waals surface area (Å²) in [4.78, 5) is 4.11. The molecule has 0 aliphatic rings. The Labute approximate surface area is 143 Å². The van der Waals surface area contributed by atoms with E-state index in [-0.39, 0.29) is 26.4 Å². The van der Waals surface area contributed by atoms with E-state index in [9.17, 15) is 9.13 Å². The summed E-state index contributed by atoms with van der Waals surface area (Å²) in [6.45, 7) is 7.19.